The molecule has 3 N–H and O–H groups in total. The number of amides is 3. The highest BCUT2D eigenvalue weighted by molar-refractivity contribution is 8.00. The van der Waals surface area contributed by atoms with Gasteiger partial charge in [0, 0.05) is 27.4 Å². The van der Waals surface area contributed by atoms with Crippen LogP contribution in [0.15, 0.2) is 132 Å². The largest absolute Gasteiger partial charge is 0.325 e. The minimum atomic E-state index is -0.488. The van der Waals surface area contributed by atoms with Crippen molar-refractivity contribution in [2.24, 2.45) is 0 Å². The molecule has 0 spiro atoms. The maximum atomic E-state index is 13.7. The van der Waals surface area contributed by atoms with E-state index in [1.807, 2.05) is 61.5 Å². The highest BCUT2D eigenvalue weighted by Gasteiger charge is 2.20. The van der Waals surface area contributed by atoms with E-state index in [1.54, 1.807) is 72.8 Å². The molecule has 230 valence electrons. The number of carbonyl (C=O) groups excluding carboxylic acids is 4. The van der Waals surface area contributed by atoms with Gasteiger partial charge in [-0.2, -0.15) is 0 Å². The number of ketones is 1. The Labute approximate surface area is 272 Å². The molecule has 7 nitrogen and oxygen atoms in total. The van der Waals surface area contributed by atoms with Crippen molar-refractivity contribution in [1.82, 2.24) is 5.32 Å². The summed E-state index contributed by atoms with van der Waals surface area (Å²) in [5.74, 6) is -1.10. The Balaban J connectivity index is 1.34. The molecule has 5 aromatic carbocycles. The fraction of sp³-hybridized carbons (Fsp3) is 0.105. The van der Waals surface area contributed by atoms with Crippen molar-refractivity contribution in [3.05, 3.63) is 144 Å². The van der Waals surface area contributed by atoms with E-state index in [2.05, 4.69) is 16.0 Å². The monoisotopic (exact) mass is 627 g/mol. The van der Waals surface area contributed by atoms with Gasteiger partial charge in [0.1, 0.15) is 5.70 Å². The second kappa shape index (κ2) is 15.0. The van der Waals surface area contributed by atoms with Crippen molar-refractivity contribution in [3.8, 4) is 0 Å². The van der Waals surface area contributed by atoms with Crippen LogP contribution >= 0.6 is 11.8 Å². The Morgan fingerprint density at radius 2 is 1.41 bits per heavy atom. The van der Waals surface area contributed by atoms with Gasteiger partial charge in [0.05, 0.1) is 5.25 Å². The molecule has 0 saturated heterocycles. The molecule has 0 aromatic heterocycles. The average Bonchev–Trinajstić information content (AvgIpc) is 3.07. The molecule has 0 heterocycles. The van der Waals surface area contributed by atoms with Crippen molar-refractivity contribution in [2.75, 3.05) is 10.6 Å². The molecule has 46 heavy (non-hydrogen) atoms. The third kappa shape index (κ3) is 8.16. The Hall–Kier alpha value is -5.47. The topological polar surface area (TPSA) is 104 Å². The molecule has 5 rings (SSSR count). The number of thioether (sulfide) groups is 1. The van der Waals surface area contributed by atoms with Crippen LogP contribution in [0.2, 0.25) is 0 Å². The average molecular weight is 628 g/mol. The van der Waals surface area contributed by atoms with Gasteiger partial charge in [-0.05, 0) is 90.4 Å². The molecular formula is C38H33N3O4S. The first-order chi connectivity index (χ1) is 22.3. The van der Waals surface area contributed by atoms with Gasteiger partial charge in [-0.3, -0.25) is 19.2 Å². The van der Waals surface area contributed by atoms with E-state index in [0.717, 1.165) is 21.2 Å². The second-order valence-electron chi connectivity index (χ2n) is 10.6. The third-order valence-electron chi connectivity index (χ3n) is 7.24. The number of carbonyl (C=O) groups is 4. The van der Waals surface area contributed by atoms with Gasteiger partial charge >= 0.3 is 0 Å². The first-order valence-electron chi connectivity index (χ1n) is 14.9. The molecule has 3 amide bonds. The Kier molecular flexibility index (Phi) is 10.4. The number of fused-ring (bicyclic) bond motifs is 1. The summed E-state index contributed by atoms with van der Waals surface area (Å²) in [5.41, 5.74) is 3.00. The van der Waals surface area contributed by atoms with Crippen molar-refractivity contribution in [3.63, 3.8) is 0 Å². The molecule has 0 aliphatic heterocycles. The number of hydrogen-bond donors (Lipinski definition) is 3. The first-order valence-corrected chi connectivity index (χ1v) is 15.7. The zero-order valence-corrected chi connectivity index (χ0v) is 26.3. The van der Waals surface area contributed by atoms with Crippen LogP contribution in [0.5, 0.6) is 0 Å². The highest BCUT2D eigenvalue weighted by atomic mass is 32.2. The van der Waals surface area contributed by atoms with Crippen LogP contribution in [0.1, 0.15) is 46.5 Å². The molecule has 5 aromatic rings. The van der Waals surface area contributed by atoms with Crippen molar-refractivity contribution in [2.45, 2.75) is 30.4 Å². The maximum Gasteiger partial charge on any atom is 0.272 e. The lowest BCUT2D eigenvalue weighted by Crippen LogP contribution is -2.30. The molecule has 0 aliphatic carbocycles. The van der Waals surface area contributed by atoms with E-state index in [0.29, 0.717) is 28.9 Å². The van der Waals surface area contributed by atoms with Gasteiger partial charge < -0.3 is 16.0 Å². The zero-order valence-electron chi connectivity index (χ0n) is 25.5. The van der Waals surface area contributed by atoms with Crippen molar-refractivity contribution in [1.29, 1.82) is 0 Å². The SMILES string of the molecule is CCC(Sc1cccc(NC(=O)/C(=C\c2cccc3ccccc23)NC(=O)c2ccccc2)c1)C(=O)Nc1ccc(C(C)=O)cc1. The summed E-state index contributed by atoms with van der Waals surface area (Å²) in [6.45, 7) is 3.43. The van der Waals surface area contributed by atoms with Gasteiger partial charge in [0.2, 0.25) is 5.91 Å². The maximum absolute atomic E-state index is 13.7. The number of nitrogens with one attached hydrogen (secondary N) is 3. The van der Waals surface area contributed by atoms with Crippen LogP contribution < -0.4 is 16.0 Å². The number of Topliss-reactive ketones (excluding diaryl/α,β-unsaturated/α-hetero) is 1. The smallest absolute Gasteiger partial charge is 0.272 e. The van der Waals surface area contributed by atoms with Crippen LogP contribution in [0.4, 0.5) is 11.4 Å². The van der Waals surface area contributed by atoms with Crippen molar-refractivity contribution >= 4 is 63.5 Å². The van der Waals surface area contributed by atoms with E-state index in [-0.39, 0.29) is 17.4 Å². The van der Waals surface area contributed by atoms with Crippen LogP contribution in [0.25, 0.3) is 16.8 Å². The van der Waals surface area contributed by atoms with Gasteiger partial charge in [-0.1, -0.05) is 73.7 Å². The summed E-state index contributed by atoms with van der Waals surface area (Å²) in [6.07, 6.45) is 2.25. The molecular weight excluding hydrogens is 595 g/mol. The lowest BCUT2D eigenvalue weighted by molar-refractivity contribution is -0.116. The van der Waals surface area contributed by atoms with Crippen LogP contribution in [0.3, 0.4) is 0 Å². The standard InChI is InChI=1S/C38H33N3O4S/c1-3-35(38(45)39-30-21-19-26(20-22-30)25(2)42)46-32-17-10-16-31(24-32)40-37(44)34(41-36(43)28-12-5-4-6-13-28)23-29-15-9-14-27-11-7-8-18-33(27)29/h4-24,35H,3H2,1-2H3,(H,39,45)(H,40,44)(H,41,43)/b34-23+. The van der Waals surface area contributed by atoms with Gasteiger partial charge in [0.15, 0.2) is 5.78 Å². The van der Waals surface area contributed by atoms with Gasteiger partial charge in [-0.25, -0.2) is 0 Å². The second-order valence-corrected chi connectivity index (χ2v) is 11.8. The van der Waals surface area contributed by atoms with Gasteiger partial charge in [0.25, 0.3) is 11.8 Å². The predicted molar refractivity (Wildman–Crippen MR) is 186 cm³/mol. The summed E-state index contributed by atoms with van der Waals surface area (Å²) in [6, 6.07) is 36.4. The molecule has 1 atom stereocenters. The van der Waals surface area contributed by atoms with Crippen LogP contribution in [-0.2, 0) is 9.59 Å². The van der Waals surface area contributed by atoms with E-state index >= 15 is 0 Å². The van der Waals surface area contributed by atoms with E-state index in [1.165, 1.54) is 18.7 Å². The fourth-order valence-corrected chi connectivity index (χ4v) is 5.83. The summed E-state index contributed by atoms with van der Waals surface area (Å²) in [7, 11) is 0. The number of anilines is 2. The molecule has 8 heteroatoms. The van der Waals surface area contributed by atoms with Crippen LogP contribution in [-0.4, -0.2) is 28.8 Å². The zero-order chi connectivity index (χ0) is 32.5. The summed E-state index contributed by atoms with van der Waals surface area (Å²) < 4.78 is 0. The Morgan fingerprint density at radius 3 is 2.15 bits per heavy atom. The quantitative estimate of drug-likeness (QED) is 0.0783. The Bertz CT molecular complexity index is 1910. The van der Waals surface area contributed by atoms with Crippen molar-refractivity contribution < 1.29 is 19.2 Å². The van der Waals surface area contributed by atoms with E-state index in [4.69, 9.17) is 0 Å². The number of benzene rings is 5. The van der Waals surface area contributed by atoms with E-state index in [9.17, 15) is 19.2 Å². The molecule has 0 saturated carbocycles. The Morgan fingerprint density at radius 1 is 0.717 bits per heavy atom. The lowest BCUT2D eigenvalue weighted by Gasteiger charge is -2.16. The summed E-state index contributed by atoms with van der Waals surface area (Å²) in [4.78, 5) is 52.3. The normalized spacial score (nSPS) is 11.8. The van der Waals surface area contributed by atoms with Crippen LogP contribution in [0, 0.1) is 0 Å². The number of rotatable bonds is 11. The molecule has 0 fully saturated rings. The summed E-state index contributed by atoms with van der Waals surface area (Å²) >= 11 is 1.38. The highest BCUT2D eigenvalue weighted by Crippen LogP contribution is 2.29. The minimum absolute atomic E-state index is 0.0402. The lowest BCUT2D eigenvalue weighted by atomic mass is 10.0. The minimum Gasteiger partial charge on any atom is -0.325 e. The molecule has 0 bridgehead atoms. The van der Waals surface area contributed by atoms with Gasteiger partial charge in [-0.15, -0.1) is 11.8 Å². The third-order valence-corrected chi connectivity index (χ3v) is 8.60. The molecule has 0 aliphatic rings. The van der Waals surface area contributed by atoms with E-state index < -0.39 is 17.1 Å². The first kappa shape index (κ1) is 31.9. The predicted octanol–water partition coefficient (Wildman–Crippen LogP) is 7.96. The number of hydrogen-bond acceptors (Lipinski definition) is 5. The molecule has 0 radical (unpaired) electrons. The molecule has 1 unspecified atom stereocenters. The summed E-state index contributed by atoms with van der Waals surface area (Å²) in [5, 5.41) is 10.2. The fourth-order valence-electron chi connectivity index (χ4n) is 4.82.